The van der Waals surface area contributed by atoms with Crippen LogP contribution in [0.3, 0.4) is 0 Å². The molecule has 1 heterocycles. The van der Waals surface area contributed by atoms with Gasteiger partial charge in [0, 0.05) is 12.6 Å². The zero-order chi connectivity index (χ0) is 9.97. The molecule has 14 heavy (non-hydrogen) atoms. The standard InChI is InChI=1S/C10H18F2N2/c11-10(12)7-14-5-1-4-13-9(6-14)8-2-3-8/h8-10,13H,1-7H2. The molecule has 0 amide bonds. The fourth-order valence-corrected chi connectivity index (χ4v) is 2.20. The molecule has 1 aliphatic heterocycles. The van der Waals surface area contributed by atoms with Crippen LogP contribution >= 0.6 is 0 Å². The molecule has 2 fully saturated rings. The third kappa shape index (κ3) is 2.89. The van der Waals surface area contributed by atoms with Gasteiger partial charge < -0.3 is 5.32 Å². The predicted octanol–water partition coefficient (Wildman–Crippen LogP) is 1.33. The average Bonchev–Trinajstić information content (AvgIpc) is 2.86. The van der Waals surface area contributed by atoms with Gasteiger partial charge in [0.05, 0.1) is 6.54 Å². The maximum absolute atomic E-state index is 12.2. The van der Waals surface area contributed by atoms with Crippen molar-refractivity contribution in [1.29, 1.82) is 0 Å². The van der Waals surface area contributed by atoms with Crippen LogP contribution < -0.4 is 5.32 Å². The van der Waals surface area contributed by atoms with Crippen LogP contribution in [-0.4, -0.2) is 43.5 Å². The van der Waals surface area contributed by atoms with Crippen molar-refractivity contribution in [2.24, 2.45) is 5.92 Å². The van der Waals surface area contributed by atoms with Crippen molar-refractivity contribution in [2.45, 2.75) is 31.7 Å². The number of nitrogens with one attached hydrogen (secondary N) is 1. The highest BCUT2D eigenvalue weighted by molar-refractivity contribution is 4.90. The molecule has 0 bridgehead atoms. The molecule has 2 rings (SSSR count). The molecule has 2 aliphatic rings. The predicted molar refractivity (Wildman–Crippen MR) is 51.6 cm³/mol. The summed E-state index contributed by atoms with van der Waals surface area (Å²) in [5.41, 5.74) is 0. The summed E-state index contributed by atoms with van der Waals surface area (Å²) in [5.74, 6) is 0.758. The van der Waals surface area contributed by atoms with E-state index in [0.29, 0.717) is 6.04 Å². The first-order valence-corrected chi connectivity index (χ1v) is 5.49. The van der Waals surface area contributed by atoms with Gasteiger partial charge in [0.1, 0.15) is 0 Å². The molecule has 1 saturated carbocycles. The molecule has 4 heteroatoms. The van der Waals surface area contributed by atoms with Gasteiger partial charge >= 0.3 is 0 Å². The summed E-state index contributed by atoms with van der Waals surface area (Å²) < 4.78 is 24.5. The second-order valence-corrected chi connectivity index (χ2v) is 4.40. The first kappa shape index (κ1) is 10.3. The van der Waals surface area contributed by atoms with Gasteiger partial charge in [0.15, 0.2) is 0 Å². The molecule has 1 N–H and O–H groups in total. The Balaban J connectivity index is 1.83. The van der Waals surface area contributed by atoms with E-state index in [0.717, 1.165) is 32.0 Å². The Morgan fingerprint density at radius 3 is 2.79 bits per heavy atom. The van der Waals surface area contributed by atoms with Crippen molar-refractivity contribution in [3.05, 3.63) is 0 Å². The van der Waals surface area contributed by atoms with Crippen LogP contribution in [0.1, 0.15) is 19.3 Å². The highest BCUT2D eigenvalue weighted by atomic mass is 19.3. The van der Waals surface area contributed by atoms with Crippen molar-refractivity contribution in [3.8, 4) is 0 Å². The first-order chi connectivity index (χ1) is 6.75. The highest BCUT2D eigenvalue weighted by Gasteiger charge is 2.33. The minimum atomic E-state index is -2.19. The molecule has 0 radical (unpaired) electrons. The monoisotopic (exact) mass is 204 g/mol. The van der Waals surface area contributed by atoms with Gasteiger partial charge in [-0.1, -0.05) is 0 Å². The Labute approximate surface area is 83.7 Å². The fourth-order valence-electron chi connectivity index (χ4n) is 2.20. The molecule has 1 aliphatic carbocycles. The molecule has 0 aromatic rings. The van der Waals surface area contributed by atoms with Gasteiger partial charge in [-0.2, -0.15) is 0 Å². The minimum absolute atomic E-state index is 0.0507. The Hall–Kier alpha value is -0.220. The van der Waals surface area contributed by atoms with E-state index in [1.165, 1.54) is 12.8 Å². The largest absolute Gasteiger partial charge is 0.312 e. The fraction of sp³-hybridized carbons (Fsp3) is 1.00. The summed E-state index contributed by atoms with van der Waals surface area (Å²) >= 11 is 0. The number of hydrogen-bond donors (Lipinski definition) is 1. The van der Waals surface area contributed by atoms with E-state index in [9.17, 15) is 8.78 Å². The smallest absolute Gasteiger partial charge is 0.251 e. The summed E-state index contributed by atoms with van der Waals surface area (Å²) in [6.45, 7) is 2.57. The zero-order valence-corrected chi connectivity index (χ0v) is 8.38. The quantitative estimate of drug-likeness (QED) is 0.746. The number of rotatable bonds is 3. The molecule has 1 unspecified atom stereocenters. The van der Waals surface area contributed by atoms with Crippen molar-refractivity contribution in [3.63, 3.8) is 0 Å². The van der Waals surface area contributed by atoms with Crippen molar-refractivity contribution in [2.75, 3.05) is 26.2 Å². The van der Waals surface area contributed by atoms with Crippen LogP contribution in [-0.2, 0) is 0 Å². The van der Waals surface area contributed by atoms with Crippen molar-refractivity contribution in [1.82, 2.24) is 10.2 Å². The van der Waals surface area contributed by atoms with E-state index < -0.39 is 6.43 Å². The Kier molecular flexibility index (Phi) is 3.34. The summed E-state index contributed by atoms with van der Waals surface area (Å²) in [6, 6.07) is 0.469. The van der Waals surface area contributed by atoms with E-state index in [2.05, 4.69) is 5.32 Å². The molecule has 0 aromatic heterocycles. The van der Waals surface area contributed by atoms with Gasteiger partial charge in [-0.05, 0) is 38.3 Å². The number of alkyl halides is 2. The summed E-state index contributed by atoms with van der Waals surface area (Å²) in [6.07, 6.45) is 1.36. The van der Waals surface area contributed by atoms with Crippen LogP contribution in [0.25, 0.3) is 0 Å². The molecule has 1 atom stereocenters. The van der Waals surface area contributed by atoms with E-state index in [4.69, 9.17) is 0 Å². The van der Waals surface area contributed by atoms with Gasteiger partial charge in [-0.25, -0.2) is 8.78 Å². The SMILES string of the molecule is FC(F)CN1CCCNC(C2CC2)C1. The Bertz CT molecular complexity index is 183. The molecule has 1 saturated heterocycles. The second-order valence-electron chi connectivity index (χ2n) is 4.40. The number of nitrogens with zero attached hydrogens (tertiary/aromatic N) is 1. The van der Waals surface area contributed by atoms with E-state index in [-0.39, 0.29) is 6.54 Å². The normalized spacial score (nSPS) is 30.6. The van der Waals surface area contributed by atoms with Gasteiger partial charge in [0.2, 0.25) is 0 Å². The Morgan fingerprint density at radius 1 is 1.36 bits per heavy atom. The lowest BCUT2D eigenvalue weighted by Crippen LogP contribution is -2.40. The van der Waals surface area contributed by atoms with Crippen LogP contribution in [0.5, 0.6) is 0 Å². The summed E-state index contributed by atoms with van der Waals surface area (Å²) in [7, 11) is 0. The lowest BCUT2D eigenvalue weighted by atomic mass is 10.2. The van der Waals surface area contributed by atoms with Crippen molar-refractivity contribution >= 4 is 0 Å². The van der Waals surface area contributed by atoms with Crippen LogP contribution in [0.4, 0.5) is 8.78 Å². The second kappa shape index (κ2) is 4.53. The summed E-state index contributed by atoms with van der Waals surface area (Å²) in [5, 5.41) is 3.46. The van der Waals surface area contributed by atoms with E-state index in [1.807, 2.05) is 4.90 Å². The average molecular weight is 204 g/mol. The van der Waals surface area contributed by atoms with Gasteiger partial charge in [0.25, 0.3) is 6.43 Å². The minimum Gasteiger partial charge on any atom is -0.312 e. The zero-order valence-electron chi connectivity index (χ0n) is 8.38. The third-order valence-corrected chi connectivity index (χ3v) is 3.10. The lowest BCUT2D eigenvalue weighted by Gasteiger charge is -2.23. The molecule has 0 spiro atoms. The molecular formula is C10H18F2N2. The lowest BCUT2D eigenvalue weighted by molar-refractivity contribution is 0.0864. The van der Waals surface area contributed by atoms with Crippen LogP contribution in [0.2, 0.25) is 0 Å². The maximum atomic E-state index is 12.2. The van der Waals surface area contributed by atoms with E-state index >= 15 is 0 Å². The molecule has 2 nitrogen and oxygen atoms in total. The Morgan fingerprint density at radius 2 is 2.14 bits per heavy atom. The highest BCUT2D eigenvalue weighted by Crippen LogP contribution is 2.33. The van der Waals surface area contributed by atoms with Crippen molar-refractivity contribution < 1.29 is 8.78 Å². The number of halogens is 2. The first-order valence-electron chi connectivity index (χ1n) is 5.49. The topological polar surface area (TPSA) is 15.3 Å². The molecule has 0 aromatic carbocycles. The summed E-state index contributed by atoms with van der Waals surface area (Å²) in [4.78, 5) is 1.91. The van der Waals surface area contributed by atoms with Gasteiger partial charge in [-0.15, -0.1) is 0 Å². The third-order valence-electron chi connectivity index (χ3n) is 3.10. The van der Waals surface area contributed by atoms with E-state index in [1.54, 1.807) is 0 Å². The van der Waals surface area contributed by atoms with Crippen LogP contribution in [0, 0.1) is 5.92 Å². The number of hydrogen-bond acceptors (Lipinski definition) is 2. The molecule has 82 valence electrons. The van der Waals surface area contributed by atoms with Crippen LogP contribution in [0.15, 0.2) is 0 Å². The molecular weight excluding hydrogens is 186 g/mol. The maximum Gasteiger partial charge on any atom is 0.251 e. The van der Waals surface area contributed by atoms with Gasteiger partial charge in [-0.3, -0.25) is 4.90 Å².